The van der Waals surface area contributed by atoms with Crippen LogP contribution in [0.3, 0.4) is 0 Å². The van der Waals surface area contributed by atoms with Crippen molar-refractivity contribution in [3.05, 3.63) is 39.9 Å². The Morgan fingerprint density at radius 1 is 1.36 bits per heavy atom. The van der Waals surface area contributed by atoms with Crippen molar-refractivity contribution in [1.29, 1.82) is 0 Å². The molecular weight excluding hydrogens is 336 g/mol. The first-order chi connectivity index (χ1) is 11.8. The fourth-order valence-electron chi connectivity index (χ4n) is 3.51. The third kappa shape index (κ3) is 2.99. The number of hydrogen-bond acceptors (Lipinski definition) is 5. The first-order valence-electron chi connectivity index (χ1n) is 8.55. The summed E-state index contributed by atoms with van der Waals surface area (Å²) in [5.74, 6) is -0.529. The van der Waals surface area contributed by atoms with Crippen LogP contribution in [0.5, 0.6) is 0 Å². The quantitative estimate of drug-likeness (QED) is 0.715. The summed E-state index contributed by atoms with van der Waals surface area (Å²) in [5, 5.41) is 1.10. The molecule has 25 heavy (non-hydrogen) atoms. The molecule has 0 spiro atoms. The second kappa shape index (κ2) is 5.90. The fraction of sp³-hybridized carbons (Fsp3) is 0.474. The van der Waals surface area contributed by atoms with Gasteiger partial charge in [-0.15, -0.1) is 11.3 Å². The molecule has 5 nitrogen and oxygen atoms in total. The van der Waals surface area contributed by atoms with Gasteiger partial charge in [-0.05, 0) is 51.3 Å². The van der Waals surface area contributed by atoms with Crippen LogP contribution in [0.1, 0.15) is 31.4 Å². The van der Waals surface area contributed by atoms with Crippen LogP contribution >= 0.6 is 11.3 Å². The summed E-state index contributed by atoms with van der Waals surface area (Å²) in [6, 6.07) is 4.27. The van der Waals surface area contributed by atoms with E-state index < -0.39 is 5.79 Å². The predicted molar refractivity (Wildman–Crippen MR) is 100 cm³/mol. The zero-order valence-electron chi connectivity index (χ0n) is 15.0. The monoisotopic (exact) mass is 358 g/mol. The maximum absolute atomic E-state index is 12.9. The Kier molecular flexibility index (Phi) is 3.94. The van der Waals surface area contributed by atoms with E-state index in [2.05, 4.69) is 31.0 Å². The highest BCUT2D eigenvalue weighted by molar-refractivity contribution is 7.25. The average Bonchev–Trinajstić information content (AvgIpc) is 3.07. The van der Waals surface area contributed by atoms with Gasteiger partial charge >= 0.3 is 0 Å². The van der Waals surface area contributed by atoms with E-state index in [4.69, 9.17) is 9.47 Å². The maximum Gasteiger partial charge on any atom is 0.271 e. The predicted octanol–water partition coefficient (Wildman–Crippen LogP) is 3.77. The summed E-state index contributed by atoms with van der Waals surface area (Å²) in [6.07, 6.45) is 2.42. The normalized spacial score (nSPS) is 19.9. The third-order valence-corrected chi connectivity index (χ3v) is 5.76. The Balaban J connectivity index is 1.67. The minimum absolute atomic E-state index is 0.0184. The van der Waals surface area contributed by atoms with Crippen LogP contribution < -0.4 is 5.56 Å². The van der Waals surface area contributed by atoms with Gasteiger partial charge in [-0.1, -0.05) is 6.07 Å². The van der Waals surface area contributed by atoms with Gasteiger partial charge in [0.2, 0.25) is 0 Å². The third-order valence-electron chi connectivity index (χ3n) is 4.65. The Bertz CT molecular complexity index is 1020. The van der Waals surface area contributed by atoms with Crippen LogP contribution in [0.15, 0.2) is 23.3 Å². The van der Waals surface area contributed by atoms with Crippen LogP contribution in [-0.4, -0.2) is 28.0 Å². The second-order valence-electron chi connectivity index (χ2n) is 7.22. The first-order valence-corrected chi connectivity index (χ1v) is 9.36. The van der Waals surface area contributed by atoms with Crippen LogP contribution in [-0.2, 0) is 16.0 Å². The van der Waals surface area contributed by atoms with Gasteiger partial charge in [0.05, 0.1) is 24.6 Å². The Hall–Kier alpha value is -1.76. The van der Waals surface area contributed by atoms with Crippen molar-refractivity contribution in [3.8, 4) is 0 Å². The molecule has 0 N–H and O–H groups in total. The molecule has 1 aliphatic heterocycles. The molecule has 1 aromatic carbocycles. The summed E-state index contributed by atoms with van der Waals surface area (Å²) in [5.41, 5.74) is 3.23. The molecule has 1 aliphatic rings. The molecule has 1 atom stereocenters. The van der Waals surface area contributed by atoms with E-state index in [1.165, 1.54) is 22.5 Å². The molecule has 1 unspecified atom stereocenters. The second-order valence-corrected chi connectivity index (χ2v) is 8.27. The molecule has 1 fully saturated rings. The van der Waals surface area contributed by atoms with Gasteiger partial charge in [0.25, 0.3) is 5.56 Å². The van der Waals surface area contributed by atoms with E-state index in [-0.39, 0.29) is 11.7 Å². The van der Waals surface area contributed by atoms with E-state index in [1.807, 2.05) is 13.8 Å². The molecule has 0 bridgehead atoms. The minimum Gasteiger partial charge on any atom is -0.348 e. The Labute approximate surface area is 150 Å². The number of nitrogens with zero attached hydrogens (tertiary/aromatic N) is 2. The maximum atomic E-state index is 12.9. The molecule has 132 valence electrons. The smallest absolute Gasteiger partial charge is 0.271 e. The number of ether oxygens (including phenoxy) is 2. The number of hydrogen-bond donors (Lipinski definition) is 0. The van der Waals surface area contributed by atoms with Gasteiger partial charge in [-0.3, -0.25) is 9.36 Å². The van der Waals surface area contributed by atoms with Crippen molar-refractivity contribution < 1.29 is 9.47 Å². The lowest BCUT2D eigenvalue weighted by molar-refractivity contribution is -0.139. The van der Waals surface area contributed by atoms with Crippen molar-refractivity contribution in [3.63, 3.8) is 0 Å². The van der Waals surface area contributed by atoms with Crippen LogP contribution in [0.2, 0.25) is 0 Å². The highest BCUT2D eigenvalue weighted by atomic mass is 32.1. The largest absolute Gasteiger partial charge is 0.348 e. The summed E-state index contributed by atoms with van der Waals surface area (Å²) in [7, 11) is 0. The SMILES string of the molecule is Cc1cc(C)c2c(c1)sc1c(=O)n(CCC3COC(C)(C)O3)cnc12. The fourth-order valence-corrected chi connectivity index (χ4v) is 4.79. The zero-order valence-corrected chi connectivity index (χ0v) is 15.8. The van der Waals surface area contributed by atoms with Gasteiger partial charge < -0.3 is 9.47 Å². The first kappa shape index (κ1) is 16.7. The highest BCUT2D eigenvalue weighted by Gasteiger charge is 2.32. The molecule has 2 aromatic heterocycles. The molecule has 1 saturated heterocycles. The van der Waals surface area contributed by atoms with Crippen LogP contribution in [0, 0.1) is 13.8 Å². The molecule has 4 rings (SSSR count). The lowest BCUT2D eigenvalue weighted by atomic mass is 10.1. The zero-order chi connectivity index (χ0) is 17.8. The highest BCUT2D eigenvalue weighted by Crippen LogP contribution is 2.33. The summed E-state index contributed by atoms with van der Waals surface area (Å²) >= 11 is 1.54. The number of rotatable bonds is 3. The number of benzene rings is 1. The van der Waals surface area contributed by atoms with Gasteiger partial charge in [0.1, 0.15) is 4.70 Å². The molecule has 0 amide bonds. The molecule has 0 radical (unpaired) electrons. The lowest BCUT2D eigenvalue weighted by Gasteiger charge is -2.17. The van der Waals surface area contributed by atoms with E-state index in [0.717, 1.165) is 26.7 Å². The van der Waals surface area contributed by atoms with Gasteiger partial charge in [-0.2, -0.15) is 0 Å². The van der Waals surface area contributed by atoms with Gasteiger partial charge in [-0.25, -0.2) is 4.98 Å². The Morgan fingerprint density at radius 3 is 2.88 bits per heavy atom. The summed E-state index contributed by atoms with van der Waals surface area (Å²) in [4.78, 5) is 17.5. The van der Waals surface area contributed by atoms with E-state index in [9.17, 15) is 4.79 Å². The van der Waals surface area contributed by atoms with Crippen molar-refractivity contribution in [1.82, 2.24) is 9.55 Å². The summed E-state index contributed by atoms with van der Waals surface area (Å²) in [6.45, 7) is 9.13. The minimum atomic E-state index is -0.529. The van der Waals surface area contributed by atoms with Crippen molar-refractivity contribution in [2.75, 3.05) is 6.61 Å². The summed E-state index contributed by atoms with van der Waals surface area (Å²) < 4.78 is 15.0. The topological polar surface area (TPSA) is 53.4 Å². The van der Waals surface area contributed by atoms with Gasteiger partial charge in [0.15, 0.2) is 5.79 Å². The Morgan fingerprint density at radius 2 is 2.16 bits per heavy atom. The molecule has 3 heterocycles. The lowest BCUT2D eigenvalue weighted by Crippen LogP contribution is -2.25. The van der Waals surface area contributed by atoms with Crippen molar-refractivity contribution >= 4 is 31.6 Å². The molecule has 6 heteroatoms. The average molecular weight is 358 g/mol. The number of aryl methyl sites for hydroxylation is 3. The van der Waals surface area contributed by atoms with E-state index >= 15 is 0 Å². The van der Waals surface area contributed by atoms with Crippen LogP contribution in [0.25, 0.3) is 20.3 Å². The number of aromatic nitrogens is 2. The van der Waals surface area contributed by atoms with E-state index in [1.54, 1.807) is 10.9 Å². The molecular formula is C19H22N2O3S. The molecule has 0 saturated carbocycles. The standard InChI is InChI=1S/C19H22N2O3S/c1-11-7-12(2)15-14(8-11)25-17-16(15)20-10-21(18(17)22)6-5-13-9-23-19(3,4)24-13/h7-8,10,13H,5-6,9H2,1-4H3. The van der Waals surface area contributed by atoms with Crippen molar-refractivity contribution in [2.24, 2.45) is 0 Å². The number of thiophene rings is 1. The molecule has 3 aromatic rings. The molecule has 0 aliphatic carbocycles. The number of fused-ring (bicyclic) bond motifs is 3. The van der Waals surface area contributed by atoms with Crippen molar-refractivity contribution in [2.45, 2.75) is 52.6 Å². The van der Waals surface area contributed by atoms with Gasteiger partial charge in [0, 0.05) is 16.6 Å². The van der Waals surface area contributed by atoms with Crippen LogP contribution in [0.4, 0.5) is 0 Å². The van der Waals surface area contributed by atoms with E-state index in [0.29, 0.717) is 13.2 Å².